The second kappa shape index (κ2) is 8.54. The summed E-state index contributed by atoms with van der Waals surface area (Å²) >= 11 is 5.86. The van der Waals surface area contributed by atoms with E-state index in [0.717, 1.165) is 34.6 Å². The third-order valence-electron chi connectivity index (χ3n) is 3.51. The average Bonchev–Trinajstić information content (AvgIpc) is 2.51. The molecule has 3 heteroatoms. The van der Waals surface area contributed by atoms with E-state index in [4.69, 9.17) is 11.6 Å². The number of hydrogen-bond acceptors (Lipinski definition) is 1. The Labute approximate surface area is 143 Å². The Balaban J connectivity index is 1.73. The summed E-state index contributed by atoms with van der Waals surface area (Å²) in [5, 5.41) is 3.71. The van der Waals surface area contributed by atoms with Crippen molar-refractivity contribution in [3.8, 4) is 0 Å². The fourth-order valence-corrected chi connectivity index (χ4v) is 2.56. The first-order valence-corrected chi connectivity index (χ1v) is 8.18. The molecule has 0 aliphatic rings. The maximum Gasteiger partial charge on any atom is 0.251 e. The summed E-state index contributed by atoms with van der Waals surface area (Å²) in [4.78, 5) is 12.1. The van der Waals surface area contributed by atoms with Crippen molar-refractivity contribution in [2.45, 2.75) is 26.7 Å². The van der Waals surface area contributed by atoms with Crippen LogP contribution in [0.25, 0.3) is 0 Å². The van der Waals surface area contributed by atoms with E-state index in [1.54, 1.807) is 0 Å². The minimum Gasteiger partial charge on any atom is -0.352 e. The molecule has 2 rings (SSSR count). The van der Waals surface area contributed by atoms with E-state index in [9.17, 15) is 4.79 Å². The molecule has 2 aromatic carbocycles. The Morgan fingerprint density at radius 1 is 1.04 bits per heavy atom. The van der Waals surface area contributed by atoms with E-state index in [-0.39, 0.29) is 5.91 Å². The van der Waals surface area contributed by atoms with Gasteiger partial charge in [0.05, 0.1) is 0 Å². The number of carbonyl (C=O) groups is 1. The van der Waals surface area contributed by atoms with Gasteiger partial charge in [-0.1, -0.05) is 53.1 Å². The fraction of sp³-hybridized carbons (Fsp3) is 0.250. The molecule has 0 aliphatic carbocycles. The van der Waals surface area contributed by atoms with Crippen molar-refractivity contribution in [3.63, 3.8) is 0 Å². The lowest BCUT2D eigenvalue weighted by Crippen LogP contribution is -2.24. The minimum absolute atomic E-state index is 0.0112. The molecule has 2 nitrogen and oxygen atoms in total. The molecule has 0 atom stereocenters. The molecule has 120 valence electrons. The van der Waals surface area contributed by atoms with Gasteiger partial charge in [0, 0.05) is 17.1 Å². The van der Waals surface area contributed by atoms with Gasteiger partial charge in [-0.15, -0.1) is 0 Å². The summed E-state index contributed by atoms with van der Waals surface area (Å²) in [6.45, 7) is 4.65. The zero-order valence-corrected chi connectivity index (χ0v) is 14.4. The summed E-state index contributed by atoms with van der Waals surface area (Å²) in [6.07, 6.45) is 5.91. The molecule has 0 saturated heterocycles. The van der Waals surface area contributed by atoms with E-state index in [1.165, 1.54) is 5.56 Å². The summed E-state index contributed by atoms with van der Waals surface area (Å²) in [5.74, 6) is -0.0112. The van der Waals surface area contributed by atoms with Crippen molar-refractivity contribution < 1.29 is 4.79 Å². The molecule has 0 aromatic heterocycles. The van der Waals surface area contributed by atoms with Gasteiger partial charge in [-0.2, -0.15) is 0 Å². The Hall–Kier alpha value is -2.06. The number of allylic oxidation sites excluding steroid dienone is 1. The third-order valence-corrected chi connectivity index (χ3v) is 3.77. The van der Waals surface area contributed by atoms with Crippen LogP contribution in [0.3, 0.4) is 0 Å². The van der Waals surface area contributed by atoms with E-state index in [1.807, 2.05) is 50.2 Å². The minimum atomic E-state index is -0.0112. The van der Waals surface area contributed by atoms with Gasteiger partial charge in [-0.3, -0.25) is 4.79 Å². The van der Waals surface area contributed by atoms with Crippen LogP contribution in [0.4, 0.5) is 0 Å². The van der Waals surface area contributed by atoms with Gasteiger partial charge >= 0.3 is 0 Å². The maximum absolute atomic E-state index is 12.1. The van der Waals surface area contributed by atoms with Gasteiger partial charge in [-0.05, 0) is 56.5 Å². The van der Waals surface area contributed by atoms with Crippen molar-refractivity contribution in [2.24, 2.45) is 0 Å². The first-order valence-electron chi connectivity index (χ1n) is 7.80. The number of halogens is 1. The molecule has 0 unspecified atom stereocenters. The van der Waals surface area contributed by atoms with Crippen LogP contribution < -0.4 is 5.32 Å². The van der Waals surface area contributed by atoms with Crippen LogP contribution in [0.15, 0.2) is 54.6 Å². The molecular formula is C20H22ClNO. The number of hydrogen-bond donors (Lipinski definition) is 1. The first kappa shape index (κ1) is 17.3. The molecule has 1 N–H and O–H groups in total. The molecule has 0 spiro atoms. The number of nitrogens with one attached hydrogen (secondary N) is 1. The van der Waals surface area contributed by atoms with Crippen molar-refractivity contribution in [1.29, 1.82) is 0 Å². The summed E-state index contributed by atoms with van der Waals surface area (Å²) in [6, 6.07) is 13.7. The number of benzene rings is 2. The second-order valence-electron chi connectivity index (χ2n) is 5.72. The lowest BCUT2D eigenvalue weighted by atomic mass is 10.1. The molecule has 2 aromatic rings. The smallest absolute Gasteiger partial charge is 0.251 e. The third kappa shape index (κ3) is 5.91. The number of amides is 1. The van der Waals surface area contributed by atoms with E-state index >= 15 is 0 Å². The van der Waals surface area contributed by atoms with Gasteiger partial charge < -0.3 is 5.32 Å². The van der Waals surface area contributed by atoms with Crippen LogP contribution in [0.5, 0.6) is 0 Å². The van der Waals surface area contributed by atoms with Crippen molar-refractivity contribution >= 4 is 17.5 Å². The van der Waals surface area contributed by atoms with Crippen molar-refractivity contribution in [1.82, 2.24) is 5.32 Å². The first-order chi connectivity index (χ1) is 11.0. The molecule has 1 amide bonds. The van der Waals surface area contributed by atoms with Crippen LogP contribution in [0.1, 0.15) is 33.5 Å². The highest BCUT2D eigenvalue weighted by Crippen LogP contribution is 2.10. The zero-order valence-electron chi connectivity index (χ0n) is 13.6. The lowest BCUT2D eigenvalue weighted by molar-refractivity contribution is 0.0954. The lowest BCUT2D eigenvalue weighted by Gasteiger charge is -2.06. The predicted octanol–water partition coefficient (Wildman–Crippen LogP) is 4.88. The van der Waals surface area contributed by atoms with E-state index in [0.29, 0.717) is 6.54 Å². The molecular weight excluding hydrogens is 306 g/mol. The topological polar surface area (TPSA) is 29.1 Å². The predicted molar refractivity (Wildman–Crippen MR) is 97.2 cm³/mol. The van der Waals surface area contributed by atoms with Crippen LogP contribution >= 0.6 is 11.6 Å². The number of aryl methyl sites for hydroxylation is 2. The quantitative estimate of drug-likeness (QED) is 0.595. The maximum atomic E-state index is 12.1. The normalized spacial score (nSPS) is 10.9. The highest BCUT2D eigenvalue weighted by molar-refractivity contribution is 6.30. The zero-order chi connectivity index (χ0) is 16.7. The van der Waals surface area contributed by atoms with Gasteiger partial charge in [0.2, 0.25) is 0 Å². The Morgan fingerprint density at radius 3 is 2.35 bits per heavy atom. The monoisotopic (exact) mass is 327 g/mol. The van der Waals surface area contributed by atoms with Crippen LogP contribution in [-0.2, 0) is 6.42 Å². The van der Waals surface area contributed by atoms with Gasteiger partial charge in [0.1, 0.15) is 0 Å². The Morgan fingerprint density at radius 2 is 1.70 bits per heavy atom. The average molecular weight is 328 g/mol. The summed E-state index contributed by atoms with van der Waals surface area (Å²) in [5.41, 5.74) is 4.17. The van der Waals surface area contributed by atoms with Crippen LogP contribution in [0.2, 0.25) is 5.02 Å². The van der Waals surface area contributed by atoms with Gasteiger partial charge in [0.25, 0.3) is 5.91 Å². The number of carbonyl (C=O) groups excluding carboxylic acids is 1. The van der Waals surface area contributed by atoms with Crippen LogP contribution in [0, 0.1) is 13.8 Å². The molecule has 0 saturated carbocycles. The van der Waals surface area contributed by atoms with E-state index < -0.39 is 0 Å². The fourth-order valence-electron chi connectivity index (χ4n) is 2.43. The summed E-state index contributed by atoms with van der Waals surface area (Å²) < 4.78 is 0. The Bertz CT molecular complexity index is 669. The largest absolute Gasteiger partial charge is 0.352 e. The van der Waals surface area contributed by atoms with Crippen molar-refractivity contribution in [3.05, 3.63) is 81.9 Å². The molecule has 0 aliphatic heterocycles. The van der Waals surface area contributed by atoms with Crippen LogP contribution in [-0.4, -0.2) is 12.5 Å². The van der Waals surface area contributed by atoms with Crippen molar-refractivity contribution in [2.75, 3.05) is 6.54 Å². The SMILES string of the molecule is Cc1cc(C)cc(C(=O)NCCC=CCc2ccc(Cl)cc2)c1. The Kier molecular flexibility index (Phi) is 6.42. The van der Waals surface area contributed by atoms with E-state index in [2.05, 4.69) is 23.5 Å². The van der Waals surface area contributed by atoms with Gasteiger partial charge in [0.15, 0.2) is 0 Å². The molecule has 0 radical (unpaired) electrons. The number of rotatable bonds is 6. The molecule has 0 fully saturated rings. The highest BCUT2D eigenvalue weighted by Gasteiger charge is 2.05. The van der Waals surface area contributed by atoms with Gasteiger partial charge in [-0.25, -0.2) is 0 Å². The standard InChI is InChI=1S/C20H22ClNO/c1-15-12-16(2)14-18(13-15)20(23)22-11-5-3-4-6-17-7-9-19(21)10-8-17/h3-4,7-10,12-14H,5-6,11H2,1-2H3,(H,22,23). The molecule has 0 heterocycles. The molecule has 0 bridgehead atoms. The summed E-state index contributed by atoms with van der Waals surface area (Å²) in [7, 11) is 0. The highest BCUT2D eigenvalue weighted by atomic mass is 35.5. The molecule has 23 heavy (non-hydrogen) atoms. The second-order valence-corrected chi connectivity index (χ2v) is 6.16.